The molecule has 1 atom stereocenters. The number of esters is 1. The van der Waals surface area contributed by atoms with Gasteiger partial charge in [-0.2, -0.15) is 0 Å². The van der Waals surface area contributed by atoms with Crippen LogP contribution in [0.3, 0.4) is 0 Å². The molecule has 0 amide bonds. The number of Topliss-reactive ketones (excluding diaryl/α,β-unsaturated/α-hetero) is 1. The summed E-state index contributed by atoms with van der Waals surface area (Å²) in [5, 5.41) is 0. The smallest absolute Gasteiger partial charge is 0.316 e. The van der Waals surface area contributed by atoms with Gasteiger partial charge >= 0.3 is 5.97 Å². The van der Waals surface area contributed by atoms with Gasteiger partial charge in [0.15, 0.2) is 5.78 Å². The van der Waals surface area contributed by atoms with E-state index < -0.39 is 11.9 Å². The second kappa shape index (κ2) is 3.52. The van der Waals surface area contributed by atoms with E-state index in [-0.39, 0.29) is 5.78 Å². The van der Waals surface area contributed by atoms with Crippen LogP contribution in [-0.4, -0.2) is 18.9 Å². The highest BCUT2D eigenvalue weighted by Gasteiger charge is 2.34. The number of carbonyl (C=O) groups is 2. The predicted molar refractivity (Wildman–Crippen MR) is 43.5 cm³/mol. The Hall–Kier alpha value is -1.12. The third-order valence-corrected chi connectivity index (χ3v) is 2.17. The molecular weight excluding hydrogens is 156 g/mol. The molecule has 0 aliphatic heterocycles. The van der Waals surface area contributed by atoms with Crippen LogP contribution in [-0.2, 0) is 14.3 Å². The summed E-state index contributed by atoms with van der Waals surface area (Å²) in [7, 11) is 1.31. The Labute approximate surface area is 71.4 Å². The molecular formula is C9H12O3. The third kappa shape index (κ3) is 1.40. The van der Waals surface area contributed by atoms with Crippen LogP contribution in [0.4, 0.5) is 0 Å². The van der Waals surface area contributed by atoms with Crippen molar-refractivity contribution in [3.8, 4) is 0 Å². The molecule has 3 nitrogen and oxygen atoms in total. The lowest BCUT2D eigenvalue weighted by Crippen LogP contribution is -2.20. The number of hydrogen-bond acceptors (Lipinski definition) is 3. The number of methoxy groups -OCH3 is 1. The Morgan fingerprint density at radius 1 is 1.67 bits per heavy atom. The van der Waals surface area contributed by atoms with E-state index in [1.807, 2.05) is 6.92 Å². The lowest BCUT2D eigenvalue weighted by Gasteiger charge is -2.02. The third-order valence-electron chi connectivity index (χ3n) is 2.17. The first-order chi connectivity index (χ1) is 5.70. The van der Waals surface area contributed by atoms with Crippen molar-refractivity contribution in [2.75, 3.05) is 7.11 Å². The zero-order valence-corrected chi connectivity index (χ0v) is 7.29. The average Bonchev–Trinajstić information content (AvgIpc) is 2.45. The Morgan fingerprint density at radius 2 is 2.33 bits per heavy atom. The summed E-state index contributed by atoms with van der Waals surface area (Å²) in [5.41, 5.74) is 0.755. The van der Waals surface area contributed by atoms with E-state index in [9.17, 15) is 9.59 Å². The molecule has 66 valence electrons. The molecule has 1 rings (SSSR count). The van der Waals surface area contributed by atoms with Crippen LogP contribution in [0.5, 0.6) is 0 Å². The van der Waals surface area contributed by atoms with Crippen molar-refractivity contribution >= 4 is 11.8 Å². The van der Waals surface area contributed by atoms with Crippen molar-refractivity contribution in [1.29, 1.82) is 0 Å². The highest BCUT2D eigenvalue weighted by molar-refractivity contribution is 6.10. The summed E-state index contributed by atoms with van der Waals surface area (Å²) in [6.07, 6.45) is 3.07. The van der Waals surface area contributed by atoms with Crippen molar-refractivity contribution in [3.05, 3.63) is 11.6 Å². The molecule has 1 fully saturated rings. The predicted octanol–water partition coefficient (Wildman–Crippen LogP) is 1.08. The van der Waals surface area contributed by atoms with Gasteiger partial charge in [-0.3, -0.25) is 9.59 Å². The van der Waals surface area contributed by atoms with Crippen LogP contribution in [0.15, 0.2) is 11.6 Å². The van der Waals surface area contributed by atoms with Crippen molar-refractivity contribution in [2.45, 2.75) is 19.8 Å². The van der Waals surface area contributed by atoms with Crippen LogP contribution in [0.2, 0.25) is 0 Å². The standard InChI is InChI=1S/C9H12O3/c1-3-6-4-5-7(8(6)10)9(11)12-2/h3,7H,4-5H2,1-2H3/b6-3-. The van der Waals surface area contributed by atoms with Crippen LogP contribution in [0, 0.1) is 5.92 Å². The zero-order chi connectivity index (χ0) is 9.14. The molecule has 0 bridgehead atoms. The molecule has 1 aliphatic carbocycles. The van der Waals surface area contributed by atoms with E-state index in [0.29, 0.717) is 12.8 Å². The maximum absolute atomic E-state index is 11.4. The fraction of sp³-hybridized carbons (Fsp3) is 0.556. The molecule has 0 radical (unpaired) electrons. The van der Waals surface area contributed by atoms with Crippen molar-refractivity contribution in [1.82, 2.24) is 0 Å². The minimum atomic E-state index is -0.541. The fourth-order valence-electron chi connectivity index (χ4n) is 1.43. The average molecular weight is 168 g/mol. The van der Waals surface area contributed by atoms with Crippen molar-refractivity contribution in [3.63, 3.8) is 0 Å². The van der Waals surface area contributed by atoms with E-state index >= 15 is 0 Å². The first-order valence-corrected chi connectivity index (χ1v) is 3.98. The number of carbonyl (C=O) groups excluding carboxylic acids is 2. The highest BCUT2D eigenvalue weighted by atomic mass is 16.5. The molecule has 1 aliphatic rings. The van der Waals surface area contributed by atoms with Crippen LogP contribution in [0.25, 0.3) is 0 Å². The molecule has 12 heavy (non-hydrogen) atoms. The van der Waals surface area contributed by atoms with Crippen molar-refractivity contribution in [2.24, 2.45) is 5.92 Å². The van der Waals surface area contributed by atoms with Gasteiger partial charge in [0.05, 0.1) is 7.11 Å². The molecule has 0 aromatic rings. The molecule has 0 aromatic heterocycles. The normalized spacial score (nSPS) is 26.3. The lowest BCUT2D eigenvalue weighted by atomic mass is 10.1. The van der Waals surface area contributed by atoms with Gasteiger partial charge in [-0.15, -0.1) is 0 Å². The second-order valence-corrected chi connectivity index (χ2v) is 2.79. The summed E-state index contributed by atoms with van der Waals surface area (Å²) < 4.78 is 4.51. The van der Waals surface area contributed by atoms with E-state index in [0.717, 1.165) is 5.57 Å². The molecule has 1 saturated carbocycles. The SMILES string of the molecule is C/C=C1/CCC(C(=O)OC)C1=O. The van der Waals surface area contributed by atoms with Gasteiger partial charge < -0.3 is 4.74 Å². The second-order valence-electron chi connectivity index (χ2n) is 2.79. The maximum atomic E-state index is 11.4. The van der Waals surface area contributed by atoms with E-state index in [4.69, 9.17) is 0 Å². The summed E-state index contributed by atoms with van der Waals surface area (Å²) in [6.45, 7) is 1.81. The Bertz CT molecular complexity index is 240. The summed E-state index contributed by atoms with van der Waals surface area (Å²) in [6, 6.07) is 0. The van der Waals surface area contributed by atoms with Crippen LogP contribution >= 0.6 is 0 Å². The van der Waals surface area contributed by atoms with Crippen LogP contribution < -0.4 is 0 Å². The Balaban J connectivity index is 2.74. The molecule has 3 heteroatoms. The van der Waals surface area contributed by atoms with Gasteiger partial charge in [-0.1, -0.05) is 6.08 Å². The number of hydrogen-bond donors (Lipinski definition) is 0. The van der Waals surface area contributed by atoms with E-state index in [1.54, 1.807) is 6.08 Å². The maximum Gasteiger partial charge on any atom is 0.316 e. The molecule has 0 N–H and O–H groups in total. The van der Waals surface area contributed by atoms with Crippen molar-refractivity contribution < 1.29 is 14.3 Å². The van der Waals surface area contributed by atoms with E-state index in [1.165, 1.54) is 7.11 Å². The molecule has 0 aromatic carbocycles. The number of ketones is 1. The Morgan fingerprint density at radius 3 is 2.75 bits per heavy atom. The number of ether oxygens (including phenoxy) is 1. The monoisotopic (exact) mass is 168 g/mol. The topological polar surface area (TPSA) is 43.4 Å². The lowest BCUT2D eigenvalue weighted by molar-refractivity contribution is -0.147. The fourth-order valence-corrected chi connectivity index (χ4v) is 1.43. The largest absolute Gasteiger partial charge is 0.468 e. The van der Waals surface area contributed by atoms with Gasteiger partial charge in [-0.25, -0.2) is 0 Å². The quantitative estimate of drug-likeness (QED) is 0.334. The minimum Gasteiger partial charge on any atom is -0.468 e. The summed E-state index contributed by atoms with van der Waals surface area (Å²) >= 11 is 0. The van der Waals surface area contributed by atoms with Gasteiger partial charge in [0.25, 0.3) is 0 Å². The van der Waals surface area contributed by atoms with Gasteiger partial charge in [0, 0.05) is 0 Å². The summed E-state index contributed by atoms with van der Waals surface area (Å²) in [5.74, 6) is -1.01. The molecule has 0 heterocycles. The Kier molecular flexibility index (Phi) is 2.63. The number of rotatable bonds is 1. The highest BCUT2D eigenvalue weighted by Crippen LogP contribution is 2.27. The van der Waals surface area contributed by atoms with Gasteiger partial charge in [0.2, 0.25) is 0 Å². The van der Waals surface area contributed by atoms with E-state index in [2.05, 4.69) is 4.74 Å². The van der Waals surface area contributed by atoms with Gasteiger partial charge in [-0.05, 0) is 25.3 Å². The van der Waals surface area contributed by atoms with Crippen LogP contribution in [0.1, 0.15) is 19.8 Å². The molecule has 0 saturated heterocycles. The molecule has 0 spiro atoms. The minimum absolute atomic E-state index is 0.0654. The zero-order valence-electron chi connectivity index (χ0n) is 7.29. The number of allylic oxidation sites excluding steroid dienone is 2. The first kappa shape index (κ1) is 8.97. The summed E-state index contributed by atoms with van der Waals surface area (Å²) in [4.78, 5) is 22.4. The first-order valence-electron chi connectivity index (χ1n) is 3.98. The van der Waals surface area contributed by atoms with Gasteiger partial charge in [0.1, 0.15) is 5.92 Å². The molecule has 1 unspecified atom stereocenters.